The van der Waals surface area contributed by atoms with Crippen molar-refractivity contribution in [1.82, 2.24) is 9.80 Å². The molecule has 1 fully saturated rings. The van der Waals surface area contributed by atoms with Gasteiger partial charge in [0.25, 0.3) is 0 Å². The molecule has 0 radical (unpaired) electrons. The van der Waals surface area contributed by atoms with Crippen molar-refractivity contribution in [2.75, 3.05) is 53.0 Å². The lowest BCUT2D eigenvalue weighted by Crippen LogP contribution is -2.45. The fraction of sp³-hybridized carbons (Fsp3) is 0.611. The third-order valence-electron chi connectivity index (χ3n) is 4.52. The highest BCUT2D eigenvalue weighted by Gasteiger charge is 2.24. The fourth-order valence-electron chi connectivity index (χ4n) is 3.26. The van der Waals surface area contributed by atoms with Crippen molar-refractivity contribution in [1.29, 1.82) is 0 Å². The van der Waals surface area contributed by atoms with Crippen molar-refractivity contribution in [2.45, 2.75) is 18.6 Å². The third kappa shape index (κ3) is 5.66. The Morgan fingerprint density at radius 1 is 1.32 bits per heavy atom. The molecule has 138 valence electrons. The van der Waals surface area contributed by atoms with Gasteiger partial charge in [0.15, 0.2) is 0 Å². The number of nitrogens with zero attached hydrogens (tertiary/aromatic N) is 3. The van der Waals surface area contributed by atoms with Crippen molar-refractivity contribution in [3.63, 3.8) is 0 Å². The van der Waals surface area contributed by atoms with Crippen molar-refractivity contribution in [2.24, 2.45) is 5.16 Å². The van der Waals surface area contributed by atoms with E-state index < -0.39 is 0 Å². The van der Waals surface area contributed by atoms with Crippen LogP contribution in [-0.2, 0) is 9.57 Å². The Kier molecular flexibility index (Phi) is 6.67. The van der Waals surface area contributed by atoms with E-state index >= 15 is 0 Å². The van der Waals surface area contributed by atoms with Gasteiger partial charge in [0.05, 0.1) is 25.0 Å². The topological polar surface area (TPSA) is 57.5 Å². The van der Waals surface area contributed by atoms with Crippen LogP contribution in [0.5, 0.6) is 0 Å². The second-order valence-electron chi connectivity index (χ2n) is 6.76. The molecule has 2 unspecified atom stereocenters. The van der Waals surface area contributed by atoms with Crippen LogP contribution in [0.25, 0.3) is 0 Å². The molecule has 2 heterocycles. The van der Waals surface area contributed by atoms with Gasteiger partial charge >= 0.3 is 0 Å². The van der Waals surface area contributed by atoms with Crippen LogP contribution in [0.1, 0.15) is 12.0 Å². The molecule has 25 heavy (non-hydrogen) atoms. The molecule has 1 aromatic carbocycles. The van der Waals surface area contributed by atoms with Crippen LogP contribution >= 0.6 is 11.6 Å². The van der Waals surface area contributed by atoms with Crippen LogP contribution in [0.4, 0.5) is 0 Å². The molecule has 1 N–H and O–H groups in total. The molecule has 7 heteroatoms. The Hall–Kier alpha value is -1.18. The summed E-state index contributed by atoms with van der Waals surface area (Å²) in [7, 11) is 2.01. The minimum absolute atomic E-state index is 0.0197. The quantitative estimate of drug-likeness (QED) is 0.790. The molecule has 1 aromatic rings. The van der Waals surface area contributed by atoms with Gasteiger partial charge in [-0.05, 0) is 24.7 Å². The average Bonchev–Trinajstić information content (AvgIpc) is 3.04. The summed E-state index contributed by atoms with van der Waals surface area (Å²) in [6, 6.07) is 7.65. The van der Waals surface area contributed by atoms with Crippen molar-refractivity contribution in [3.05, 3.63) is 34.9 Å². The van der Waals surface area contributed by atoms with Gasteiger partial charge in [0, 0.05) is 44.2 Å². The Labute approximate surface area is 153 Å². The molecule has 0 bridgehead atoms. The number of hydrogen-bond donors (Lipinski definition) is 1. The number of benzene rings is 1. The van der Waals surface area contributed by atoms with Crippen LogP contribution < -0.4 is 0 Å². The molecule has 0 aromatic heterocycles. The second kappa shape index (κ2) is 8.96. The van der Waals surface area contributed by atoms with E-state index in [4.69, 9.17) is 21.2 Å². The van der Waals surface area contributed by atoms with E-state index in [0.29, 0.717) is 18.1 Å². The maximum atomic E-state index is 10.3. The van der Waals surface area contributed by atoms with Crippen LogP contribution in [0.15, 0.2) is 29.4 Å². The number of likely N-dealkylation sites (N-methyl/N-ethyl adjacent to an activating group) is 1. The summed E-state index contributed by atoms with van der Waals surface area (Å²) in [5.74, 6) is 0. The standard InChI is InChI=1S/C18H26ClN3O3/c1-21(11-16(23)12-22-6-8-24-9-7-22)13-17-10-18(20-25-17)14-2-4-15(19)5-3-14/h2-5,16-17,23H,6-13H2,1H3. The maximum Gasteiger partial charge on any atom is 0.145 e. The van der Waals surface area contributed by atoms with Gasteiger partial charge in [-0.15, -0.1) is 0 Å². The van der Waals surface area contributed by atoms with Gasteiger partial charge in [-0.25, -0.2) is 0 Å². The maximum absolute atomic E-state index is 10.3. The Balaban J connectivity index is 1.40. The molecule has 0 aliphatic carbocycles. The van der Waals surface area contributed by atoms with E-state index in [1.165, 1.54) is 0 Å². The highest BCUT2D eigenvalue weighted by molar-refractivity contribution is 6.30. The van der Waals surface area contributed by atoms with E-state index in [1.807, 2.05) is 31.3 Å². The first-order valence-corrected chi connectivity index (χ1v) is 9.13. The van der Waals surface area contributed by atoms with Crippen LogP contribution in [0.2, 0.25) is 5.02 Å². The van der Waals surface area contributed by atoms with Crippen LogP contribution in [-0.4, -0.2) is 85.8 Å². The number of halogens is 1. The number of aliphatic hydroxyl groups excluding tert-OH is 1. The lowest BCUT2D eigenvalue weighted by Gasteiger charge is -2.30. The van der Waals surface area contributed by atoms with Crippen LogP contribution in [0, 0.1) is 0 Å². The molecule has 0 amide bonds. The summed E-state index contributed by atoms with van der Waals surface area (Å²) in [5.41, 5.74) is 1.99. The van der Waals surface area contributed by atoms with Gasteiger partial charge < -0.3 is 14.7 Å². The summed E-state index contributed by atoms with van der Waals surface area (Å²) in [6.45, 7) is 5.34. The summed E-state index contributed by atoms with van der Waals surface area (Å²) in [5, 5.41) is 15.2. The average molecular weight is 368 g/mol. The number of aliphatic hydroxyl groups is 1. The number of rotatable bonds is 7. The zero-order valence-corrected chi connectivity index (χ0v) is 15.4. The molecular formula is C18H26ClN3O3. The minimum Gasteiger partial charge on any atom is -0.390 e. The number of hydrogen-bond acceptors (Lipinski definition) is 6. The zero-order valence-electron chi connectivity index (χ0n) is 14.6. The molecule has 0 spiro atoms. The molecule has 1 saturated heterocycles. The highest BCUT2D eigenvalue weighted by atomic mass is 35.5. The van der Waals surface area contributed by atoms with Crippen molar-refractivity contribution >= 4 is 17.3 Å². The Bertz CT molecular complexity index is 575. The van der Waals surface area contributed by atoms with Gasteiger partial charge in [0.2, 0.25) is 0 Å². The third-order valence-corrected chi connectivity index (χ3v) is 4.77. The Morgan fingerprint density at radius 3 is 2.76 bits per heavy atom. The molecule has 0 saturated carbocycles. The predicted molar refractivity (Wildman–Crippen MR) is 98.2 cm³/mol. The summed E-state index contributed by atoms with van der Waals surface area (Å²) >= 11 is 5.92. The first kappa shape index (κ1) is 18.6. The van der Waals surface area contributed by atoms with Gasteiger partial charge in [-0.3, -0.25) is 9.80 Å². The lowest BCUT2D eigenvalue weighted by atomic mass is 10.0. The summed E-state index contributed by atoms with van der Waals surface area (Å²) in [6.07, 6.45) is 0.415. The first-order chi connectivity index (χ1) is 12.1. The smallest absolute Gasteiger partial charge is 0.145 e. The van der Waals surface area contributed by atoms with Gasteiger partial charge in [-0.2, -0.15) is 0 Å². The van der Waals surface area contributed by atoms with Crippen LogP contribution in [0.3, 0.4) is 0 Å². The number of β-amino-alcohol motifs (C(OH)–C–C–N with tert-alkyl or cyclic N) is 1. The van der Waals surface area contributed by atoms with E-state index in [1.54, 1.807) is 0 Å². The highest BCUT2D eigenvalue weighted by Crippen LogP contribution is 2.19. The summed E-state index contributed by atoms with van der Waals surface area (Å²) in [4.78, 5) is 9.91. The monoisotopic (exact) mass is 367 g/mol. The predicted octanol–water partition coefficient (Wildman–Crippen LogP) is 1.46. The zero-order chi connectivity index (χ0) is 17.6. The lowest BCUT2D eigenvalue weighted by molar-refractivity contribution is 0.00254. The first-order valence-electron chi connectivity index (χ1n) is 8.75. The minimum atomic E-state index is -0.374. The largest absolute Gasteiger partial charge is 0.390 e. The molecule has 2 aliphatic heterocycles. The fourth-order valence-corrected chi connectivity index (χ4v) is 3.39. The van der Waals surface area contributed by atoms with Gasteiger partial charge in [-0.1, -0.05) is 28.9 Å². The van der Waals surface area contributed by atoms with Crippen molar-refractivity contribution < 1.29 is 14.7 Å². The van der Waals surface area contributed by atoms with E-state index in [2.05, 4.69) is 15.0 Å². The van der Waals surface area contributed by atoms with Gasteiger partial charge in [0.1, 0.15) is 6.10 Å². The number of morpholine rings is 1. The van der Waals surface area contributed by atoms with E-state index in [9.17, 15) is 5.11 Å². The molecule has 3 rings (SSSR count). The van der Waals surface area contributed by atoms with Crippen molar-refractivity contribution in [3.8, 4) is 0 Å². The molecule has 2 atom stereocenters. The number of oxime groups is 1. The van der Waals surface area contributed by atoms with E-state index in [-0.39, 0.29) is 12.2 Å². The molecule has 6 nitrogen and oxygen atoms in total. The van der Waals surface area contributed by atoms with E-state index in [0.717, 1.165) is 50.5 Å². The summed E-state index contributed by atoms with van der Waals surface area (Å²) < 4.78 is 5.33. The second-order valence-corrected chi connectivity index (χ2v) is 7.20. The SMILES string of the molecule is CN(CC(O)CN1CCOCC1)CC1CC(c2ccc(Cl)cc2)=NO1. The Morgan fingerprint density at radius 2 is 2.04 bits per heavy atom. The molecular weight excluding hydrogens is 342 g/mol. The molecule has 2 aliphatic rings. The number of ether oxygens (including phenoxy) is 1. The normalized spacial score (nSPS) is 22.7.